The molecule has 0 saturated carbocycles. The molecule has 1 aromatic rings. The van der Waals surface area contributed by atoms with E-state index in [0.717, 1.165) is 6.07 Å². The summed E-state index contributed by atoms with van der Waals surface area (Å²) in [5.74, 6) is -4.68. The molecule has 8 heteroatoms. The molecule has 94 valence electrons. The van der Waals surface area contributed by atoms with Crippen molar-refractivity contribution < 1.29 is 23.1 Å². The zero-order valence-corrected chi connectivity index (χ0v) is 8.73. The van der Waals surface area contributed by atoms with Crippen LogP contribution in [-0.2, 0) is 11.3 Å². The molecule has 0 fully saturated rings. The normalized spacial score (nSPS) is 13.4. The lowest BCUT2D eigenvalue weighted by Crippen LogP contribution is -2.38. The molecule has 0 spiro atoms. The van der Waals surface area contributed by atoms with Gasteiger partial charge in [-0.2, -0.15) is 18.3 Å². The van der Waals surface area contributed by atoms with Gasteiger partial charge in [0, 0.05) is 6.07 Å². The van der Waals surface area contributed by atoms with Crippen LogP contribution >= 0.6 is 0 Å². The van der Waals surface area contributed by atoms with E-state index < -0.39 is 30.2 Å². The molecule has 1 rings (SSSR count). The van der Waals surface area contributed by atoms with Crippen molar-refractivity contribution >= 4 is 5.97 Å². The molecule has 0 saturated heterocycles. The lowest BCUT2D eigenvalue weighted by molar-refractivity contribution is -0.196. The molecule has 0 aromatic carbocycles. The first-order valence-electron chi connectivity index (χ1n) is 4.55. The summed E-state index contributed by atoms with van der Waals surface area (Å²) in [5.41, 5.74) is -0.273. The number of aryl methyl sites for hydroxylation is 1. The van der Waals surface area contributed by atoms with E-state index in [4.69, 9.17) is 5.11 Å². The van der Waals surface area contributed by atoms with Gasteiger partial charge in [-0.1, -0.05) is 0 Å². The van der Waals surface area contributed by atoms with Crippen molar-refractivity contribution in [2.75, 3.05) is 0 Å². The van der Waals surface area contributed by atoms with Crippen LogP contribution in [0.15, 0.2) is 17.1 Å². The topological polar surface area (TPSA) is 72.2 Å². The predicted molar refractivity (Wildman–Crippen MR) is 50.4 cm³/mol. The van der Waals surface area contributed by atoms with Crippen LogP contribution in [0.5, 0.6) is 0 Å². The third-order valence-corrected chi connectivity index (χ3v) is 2.06. The van der Waals surface area contributed by atoms with Crippen molar-refractivity contribution in [1.29, 1.82) is 0 Å². The number of carbonyl (C=O) groups is 1. The maximum Gasteiger partial charge on any atom is 0.404 e. The van der Waals surface area contributed by atoms with Crippen LogP contribution in [0, 0.1) is 12.8 Å². The van der Waals surface area contributed by atoms with Crippen LogP contribution in [0.25, 0.3) is 0 Å². The van der Waals surface area contributed by atoms with Gasteiger partial charge >= 0.3 is 12.1 Å². The molecule has 0 amide bonds. The zero-order valence-electron chi connectivity index (χ0n) is 8.73. The van der Waals surface area contributed by atoms with Crippen LogP contribution < -0.4 is 5.56 Å². The summed E-state index contributed by atoms with van der Waals surface area (Å²) in [6.45, 7) is 0.523. The van der Waals surface area contributed by atoms with Crippen LogP contribution in [0.4, 0.5) is 13.2 Å². The second-order valence-corrected chi connectivity index (χ2v) is 3.49. The van der Waals surface area contributed by atoms with E-state index in [2.05, 4.69) is 5.10 Å². The summed E-state index contributed by atoms with van der Waals surface area (Å²) in [4.78, 5) is 21.7. The maximum absolute atomic E-state index is 12.3. The summed E-state index contributed by atoms with van der Waals surface area (Å²) >= 11 is 0. The molecule has 0 aliphatic carbocycles. The second kappa shape index (κ2) is 4.56. The Balaban J connectivity index is 3.03. The van der Waals surface area contributed by atoms with Gasteiger partial charge in [0.1, 0.15) is 0 Å². The van der Waals surface area contributed by atoms with Gasteiger partial charge in [-0.15, -0.1) is 0 Å². The van der Waals surface area contributed by atoms with E-state index in [1.807, 2.05) is 0 Å². The molecule has 1 aromatic heterocycles. The number of aliphatic carboxylic acids is 1. The minimum absolute atomic E-state index is 0.485. The van der Waals surface area contributed by atoms with Crippen molar-refractivity contribution in [3.05, 3.63) is 28.2 Å². The first kappa shape index (κ1) is 13.2. The summed E-state index contributed by atoms with van der Waals surface area (Å²) in [6.07, 6.45) is -3.73. The molecule has 0 radical (unpaired) electrons. The molecular weight excluding hydrogens is 241 g/mol. The first-order chi connectivity index (χ1) is 7.71. The summed E-state index contributed by atoms with van der Waals surface area (Å²) in [6, 6.07) is 1.09. The number of carboxylic acids is 1. The maximum atomic E-state index is 12.3. The monoisotopic (exact) mass is 250 g/mol. The molecule has 1 heterocycles. The fraction of sp³-hybridized carbons (Fsp3) is 0.444. The lowest BCUT2D eigenvalue weighted by atomic mass is 10.1. The van der Waals surface area contributed by atoms with Crippen molar-refractivity contribution in [2.24, 2.45) is 5.92 Å². The average Bonchev–Trinajstić information content (AvgIpc) is 2.13. The Morgan fingerprint density at radius 1 is 1.59 bits per heavy atom. The number of nitrogens with zero attached hydrogens (tertiary/aromatic N) is 2. The van der Waals surface area contributed by atoms with E-state index in [0.29, 0.717) is 10.2 Å². The molecular formula is C9H9F3N2O3. The third-order valence-electron chi connectivity index (χ3n) is 2.06. The minimum Gasteiger partial charge on any atom is -0.481 e. The van der Waals surface area contributed by atoms with Gasteiger partial charge < -0.3 is 5.11 Å². The van der Waals surface area contributed by atoms with E-state index in [1.165, 1.54) is 6.20 Å². The van der Waals surface area contributed by atoms with Gasteiger partial charge in [0.25, 0.3) is 5.56 Å². The Morgan fingerprint density at radius 3 is 2.59 bits per heavy atom. The number of hydrogen-bond acceptors (Lipinski definition) is 3. The number of hydrogen-bond donors (Lipinski definition) is 1. The van der Waals surface area contributed by atoms with Crippen LogP contribution in [-0.4, -0.2) is 27.0 Å². The van der Waals surface area contributed by atoms with Gasteiger partial charge in [0.05, 0.1) is 12.7 Å². The molecule has 0 aliphatic rings. The number of alkyl halides is 3. The average molecular weight is 250 g/mol. The quantitative estimate of drug-likeness (QED) is 0.861. The first-order valence-corrected chi connectivity index (χ1v) is 4.55. The number of halogens is 3. The molecule has 5 nitrogen and oxygen atoms in total. The SMILES string of the molecule is Cc1cnn(CC(C(=O)O)C(F)(F)F)c(=O)c1. The van der Waals surface area contributed by atoms with Gasteiger partial charge in [0.15, 0.2) is 5.92 Å². The van der Waals surface area contributed by atoms with Crippen LogP contribution in [0.1, 0.15) is 5.56 Å². The van der Waals surface area contributed by atoms with Crippen molar-refractivity contribution in [3.8, 4) is 0 Å². The Labute approximate surface area is 93.5 Å². The lowest BCUT2D eigenvalue weighted by Gasteiger charge is -2.16. The third kappa shape index (κ3) is 3.30. The Hall–Kier alpha value is -1.86. The van der Waals surface area contributed by atoms with E-state index in [-0.39, 0.29) is 0 Å². The molecule has 1 N–H and O–H groups in total. The highest BCUT2D eigenvalue weighted by Gasteiger charge is 2.45. The smallest absolute Gasteiger partial charge is 0.404 e. The number of aromatic nitrogens is 2. The Bertz CT molecular complexity index is 481. The van der Waals surface area contributed by atoms with E-state index in [9.17, 15) is 22.8 Å². The number of rotatable bonds is 3. The molecule has 0 aliphatic heterocycles. The highest BCUT2D eigenvalue weighted by Crippen LogP contribution is 2.27. The zero-order chi connectivity index (χ0) is 13.2. The standard InChI is InChI=1S/C9H9F3N2O3/c1-5-2-7(15)14(13-3-5)4-6(8(16)17)9(10,11)12/h2-3,6H,4H2,1H3,(H,16,17). The van der Waals surface area contributed by atoms with Gasteiger partial charge in [-0.25, -0.2) is 4.68 Å². The van der Waals surface area contributed by atoms with Crippen molar-refractivity contribution in [1.82, 2.24) is 9.78 Å². The van der Waals surface area contributed by atoms with E-state index >= 15 is 0 Å². The van der Waals surface area contributed by atoms with Crippen LogP contribution in [0.2, 0.25) is 0 Å². The fourth-order valence-corrected chi connectivity index (χ4v) is 1.16. The predicted octanol–water partition coefficient (Wildman–Crippen LogP) is 0.815. The Morgan fingerprint density at radius 2 is 2.18 bits per heavy atom. The molecule has 17 heavy (non-hydrogen) atoms. The summed E-state index contributed by atoms with van der Waals surface area (Å²) in [7, 11) is 0. The molecule has 1 atom stereocenters. The van der Waals surface area contributed by atoms with Gasteiger partial charge in [-0.05, 0) is 12.5 Å². The highest BCUT2D eigenvalue weighted by molar-refractivity contribution is 5.70. The van der Waals surface area contributed by atoms with Crippen molar-refractivity contribution in [3.63, 3.8) is 0 Å². The molecule has 0 bridgehead atoms. The van der Waals surface area contributed by atoms with Crippen LogP contribution in [0.3, 0.4) is 0 Å². The van der Waals surface area contributed by atoms with Crippen molar-refractivity contribution in [2.45, 2.75) is 19.6 Å². The second-order valence-electron chi connectivity index (χ2n) is 3.49. The van der Waals surface area contributed by atoms with Gasteiger partial charge in [-0.3, -0.25) is 9.59 Å². The highest BCUT2D eigenvalue weighted by atomic mass is 19.4. The minimum atomic E-state index is -4.92. The largest absolute Gasteiger partial charge is 0.481 e. The Kier molecular flexibility index (Phi) is 3.54. The summed E-state index contributed by atoms with van der Waals surface area (Å²) in [5, 5.41) is 11.9. The molecule has 1 unspecified atom stereocenters. The van der Waals surface area contributed by atoms with Gasteiger partial charge in [0.2, 0.25) is 0 Å². The summed E-state index contributed by atoms with van der Waals surface area (Å²) < 4.78 is 37.5. The fourth-order valence-electron chi connectivity index (χ4n) is 1.16. The van der Waals surface area contributed by atoms with E-state index in [1.54, 1.807) is 6.92 Å². The number of carboxylic acid groups (broad SMARTS) is 1.